The van der Waals surface area contributed by atoms with Gasteiger partial charge in [-0.3, -0.25) is 4.79 Å². The Balaban J connectivity index is 1.28. The van der Waals surface area contributed by atoms with E-state index in [1.165, 1.54) is 7.11 Å². The predicted molar refractivity (Wildman–Crippen MR) is 132 cm³/mol. The Morgan fingerprint density at radius 1 is 1.19 bits per heavy atom. The number of rotatable bonds is 9. The number of amides is 1. The number of hydrogen-bond donors (Lipinski definition) is 0. The van der Waals surface area contributed by atoms with Crippen molar-refractivity contribution in [3.8, 4) is 17.1 Å². The van der Waals surface area contributed by atoms with E-state index in [9.17, 15) is 9.59 Å². The van der Waals surface area contributed by atoms with Gasteiger partial charge in [-0.15, -0.1) is 5.10 Å². The van der Waals surface area contributed by atoms with E-state index in [1.807, 2.05) is 12.1 Å². The average Bonchev–Trinajstić information content (AvgIpc) is 3.67. The van der Waals surface area contributed by atoms with Gasteiger partial charge in [-0.1, -0.05) is 5.21 Å². The molecule has 11 nitrogen and oxygen atoms in total. The summed E-state index contributed by atoms with van der Waals surface area (Å²) in [6.45, 7) is 1.99. The van der Waals surface area contributed by atoms with Crippen LogP contribution in [0.2, 0.25) is 0 Å². The molecule has 2 saturated carbocycles. The molecule has 200 valence electrons. The van der Waals surface area contributed by atoms with Crippen LogP contribution in [-0.2, 0) is 32.7 Å². The van der Waals surface area contributed by atoms with Gasteiger partial charge in [0.2, 0.25) is 0 Å². The van der Waals surface area contributed by atoms with E-state index in [2.05, 4.69) is 10.3 Å². The van der Waals surface area contributed by atoms with Crippen LogP contribution in [0.15, 0.2) is 12.1 Å². The first kappa shape index (κ1) is 25.4. The molecule has 1 amide bonds. The maximum atomic E-state index is 12.5. The Morgan fingerprint density at radius 3 is 2.70 bits per heavy atom. The van der Waals surface area contributed by atoms with E-state index < -0.39 is 6.09 Å². The minimum absolute atomic E-state index is 0.0405. The minimum Gasteiger partial charge on any atom is -0.488 e. The van der Waals surface area contributed by atoms with Crippen LogP contribution in [0.1, 0.15) is 55.8 Å². The Bertz CT molecular complexity index is 1130. The highest BCUT2D eigenvalue weighted by atomic mass is 16.6. The first-order valence-corrected chi connectivity index (χ1v) is 13.0. The van der Waals surface area contributed by atoms with Crippen molar-refractivity contribution in [2.24, 2.45) is 18.9 Å². The second-order valence-electron chi connectivity index (χ2n) is 10.3. The molecule has 3 aliphatic rings. The van der Waals surface area contributed by atoms with Gasteiger partial charge in [0, 0.05) is 32.5 Å². The number of carbonyl (C=O) groups excluding carboxylic acids is 2. The van der Waals surface area contributed by atoms with Gasteiger partial charge in [-0.25, -0.2) is 14.5 Å². The molecule has 0 spiro atoms. The van der Waals surface area contributed by atoms with Crippen LogP contribution < -0.4 is 4.74 Å². The molecule has 2 atom stereocenters. The summed E-state index contributed by atoms with van der Waals surface area (Å²) in [5.41, 5.74) is 2.84. The van der Waals surface area contributed by atoms with Crippen molar-refractivity contribution in [2.75, 3.05) is 33.9 Å². The SMILES string of the molecule is COC(=O)[C@H]1CCC[C@H](Oc2ccc(-c3nnn(C)c3COC(=O)N(C)CC3COC3)nc2C2CC2)C1. The van der Waals surface area contributed by atoms with Crippen LogP contribution in [0.4, 0.5) is 4.79 Å². The molecule has 2 aromatic heterocycles. The normalized spacial score (nSPS) is 21.7. The maximum Gasteiger partial charge on any atom is 0.409 e. The van der Waals surface area contributed by atoms with Gasteiger partial charge in [0.05, 0.1) is 43.7 Å². The smallest absolute Gasteiger partial charge is 0.409 e. The average molecular weight is 514 g/mol. The molecule has 3 heterocycles. The standard InChI is InChI=1S/C26H35N5O6/c1-30(12-16-13-35-14-16)26(33)36-15-21-24(28-29-31(21)2)20-9-10-22(23(27-20)17-7-8-17)37-19-6-4-5-18(11-19)25(32)34-3/h9-10,16-19H,4-8,11-15H2,1-3H3/t18-,19-/m0/s1. The number of aryl methyl sites for hydroxylation is 1. The number of pyridine rings is 1. The molecule has 1 aliphatic heterocycles. The Labute approximate surface area is 216 Å². The number of hydrogen-bond acceptors (Lipinski definition) is 9. The quantitative estimate of drug-likeness (QED) is 0.466. The summed E-state index contributed by atoms with van der Waals surface area (Å²) in [6.07, 6.45) is 5.01. The zero-order valence-corrected chi connectivity index (χ0v) is 21.7. The summed E-state index contributed by atoms with van der Waals surface area (Å²) in [7, 11) is 4.94. The number of carbonyl (C=O) groups is 2. The zero-order chi connectivity index (χ0) is 25.9. The molecule has 0 unspecified atom stereocenters. The van der Waals surface area contributed by atoms with Crippen LogP contribution in [0.25, 0.3) is 11.4 Å². The molecule has 37 heavy (non-hydrogen) atoms. The first-order chi connectivity index (χ1) is 17.9. The third kappa shape index (κ3) is 5.87. The fraction of sp³-hybridized carbons (Fsp3) is 0.654. The monoisotopic (exact) mass is 513 g/mol. The molecule has 0 N–H and O–H groups in total. The third-order valence-electron chi connectivity index (χ3n) is 7.37. The van der Waals surface area contributed by atoms with E-state index >= 15 is 0 Å². The summed E-state index contributed by atoms with van der Waals surface area (Å²) < 4.78 is 23.7. The van der Waals surface area contributed by atoms with Crippen molar-refractivity contribution in [1.82, 2.24) is 24.9 Å². The number of esters is 1. The molecule has 0 bridgehead atoms. The summed E-state index contributed by atoms with van der Waals surface area (Å²) in [5, 5.41) is 8.48. The third-order valence-corrected chi connectivity index (χ3v) is 7.37. The highest BCUT2D eigenvalue weighted by Crippen LogP contribution is 2.45. The fourth-order valence-corrected chi connectivity index (χ4v) is 4.98. The molecular weight excluding hydrogens is 478 g/mol. The second-order valence-corrected chi connectivity index (χ2v) is 10.3. The second kappa shape index (κ2) is 11.0. The minimum atomic E-state index is -0.396. The van der Waals surface area contributed by atoms with Crippen LogP contribution in [-0.4, -0.2) is 77.0 Å². The van der Waals surface area contributed by atoms with Gasteiger partial charge in [0.15, 0.2) is 0 Å². The summed E-state index contributed by atoms with van der Waals surface area (Å²) in [6, 6.07) is 3.82. The van der Waals surface area contributed by atoms with Crippen molar-refractivity contribution >= 4 is 12.1 Å². The van der Waals surface area contributed by atoms with E-state index in [-0.39, 0.29) is 24.6 Å². The molecule has 2 aliphatic carbocycles. The van der Waals surface area contributed by atoms with Crippen molar-refractivity contribution in [3.05, 3.63) is 23.5 Å². The predicted octanol–water partition coefficient (Wildman–Crippen LogP) is 3.08. The lowest BCUT2D eigenvalue weighted by Crippen LogP contribution is -2.40. The summed E-state index contributed by atoms with van der Waals surface area (Å²) in [4.78, 5) is 31.0. The van der Waals surface area contributed by atoms with E-state index in [0.717, 1.165) is 43.5 Å². The van der Waals surface area contributed by atoms with E-state index in [1.54, 1.807) is 23.7 Å². The highest BCUT2D eigenvalue weighted by molar-refractivity contribution is 5.72. The largest absolute Gasteiger partial charge is 0.488 e. The van der Waals surface area contributed by atoms with Crippen LogP contribution in [0.3, 0.4) is 0 Å². The number of methoxy groups -OCH3 is 1. The first-order valence-electron chi connectivity index (χ1n) is 13.0. The highest BCUT2D eigenvalue weighted by Gasteiger charge is 2.33. The molecule has 5 rings (SSSR count). The molecule has 11 heteroatoms. The molecular formula is C26H35N5O6. The Hall–Kier alpha value is -3.21. The molecule has 0 aromatic carbocycles. The van der Waals surface area contributed by atoms with Crippen molar-refractivity contribution < 1.29 is 28.5 Å². The summed E-state index contributed by atoms with van der Waals surface area (Å²) >= 11 is 0. The topological polar surface area (TPSA) is 118 Å². The van der Waals surface area contributed by atoms with Gasteiger partial charge in [-0.05, 0) is 50.7 Å². The van der Waals surface area contributed by atoms with Crippen LogP contribution >= 0.6 is 0 Å². The van der Waals surface area contributed by atoms with Gasteiger partial charge in [0.25, 0.3) is 0 Å². The Morgan fingerprint density at radius 2 is 2.00 bits per heavy atom. The maximum absolute atomic E-state index is 12.5. The fourth-order valence-electron chi connectivity index (χ4n) is 4.98. The molecule has 3 fully saturated rings. The number of nitrogens with zero attached hydrogens (tertiary/aromatic N) is 5. The van der Waals surface area contributed by atoms with Crippen LogP contribution in [0, 0.1) is 11.8 Å². The number of aromatic nitrogens is 4. The molecule has 2 aromatic rings. The lowest BCUT2D eigenvalue weighted by molar-refractivity contribution is -0.147. The number of ether oxygens (including phenoxy) is 4. The van der Waals surface area contributed by atoms with Crippen molar-refractivity contribution in [1.29, 1.82) is 0 Å². The van der Waals surface area contributed by atoms with Gasteiger partial charge in [0.1, 0.15) is 23.7 Å². The van der Waals surface area contributed by atoms with Crippen molar-refractivity contribution in [2.45, 2.75) is 57.2 Å². The molecule has 1 saturated heterocycles. The lowest BCUT2D eigenvalue weighted by Gasteiger charge is -2.29. The van der Waals surface area contributed by atoms with Crippen LogP contribution in [0.5, 0.6) is 5.75 Å². The van der Waals surface area contributed by atoms with Crippen molar-refractivity contribution in [3.63, 3.8) is 0 Å². The Kier molecular flexibility index (Phi) is 7.59. The summed E-state index contributed by atoms with van der Waals surface area (Å²) in [5.74, 6) is 1.18. The van der Waals surface area contributed by atoms with E-state index in [0.29, 0.717) is 55.1 Å². The van der Waals surface area contributed by atoms with Gasteiger partial charge in [-0.2, -0.15) is 0 Å². The van der Waals surface area contributed by atoms with E-state index in [4.69, 9.17) is 23.9 Å². The van der Waals surface area contributed by atoms with Gasteiger partial charge >= 0.3 is 12.1 Å². The van der Waals surface area contributed by atoms with Gasteiger partial charge < -0.3 is 23.8 Å². The zero-order valence-electron chi connectivity index (χ0n) is 21.7. The lowest BCUT2D eigenvalue weighted by atomic mass is 9.87. The molecule has 0 radical (unpaired) electrons.